The summed E-state index contributed by atoms with van der Waals surface area (Å²) < 4.78 is 1.32. The molecule has 2 nitrogen and oxygen atoms in total. The monoisotopic (exact) mass is 353 g/mol. The van der Waals surface area contributed by atoms with Crippen molar-refractivity contribution in [2.24, 2.45) is 0 Å². The number of carbonyl (C=O) groups is 1. The van der Waals surface area contributed by atoms with Gasteiger partial charge in [0.25, 0.3) is 0 Å². The molecule has 104 valence electrons. The first kappa shape index (κ1) is 15.1. The third-order valence-corrected chi connectivity index (χ3v) is 5.48. The molecule has 0 aliphatic carbocycles. The van der Waals surface area contributed by atoms with Gasteiger partial charge in [-0.3, -0.25) is 0 Å². The summed E-state index contributed by atoms with van der Waals surface area (Å²) in [5.74, 6) is -0.0289. The van der Waals surface area contributed by atoms with Crippen molar-refractivity contribution in [2.75, 3.05) is 0 Å². The van der Waals surface area contributed by atoms with Gasteiger partial charge in [0.05, 0.1) is 0 Å². The Kier molecular flexibility index (Phi) is 5.66. The van der Waals surface area contributed by atoms with E-state index in [1.807, 2.05) is 42.5 Å². The second-order valence-corrected chi connectivity index (χ2v) is 7.10. The van der Waals surface area contributed by atoms with Crippen LogP contribution in [0, 0.1) is 0 Å². The zero-order chi connectivity index (χ0) is 14.4. The van der Waals surface area contributed by atoms with E-state index in [1.165, 1.54) is 4.46 Å². The topological polar surface area (TPSA) is 29.1 Å². The number of benzene rings is 2. The van der Waals surface area contributed by atoms with Crippen LogP contribution in [0.4, 0.5) is 0 Å². The molecule has 0 aliphatic heterocycles. The van der Waals surface area contributed by atoms with Crippen LogP contribution in [0.25, 0.3) is 0 Å². The molecular weight excluding hydrogens is 337 g/mol. The SMILES string of the molecule is CC(=O)NC(C[Se]c1ccccc1)c1ccccc1Cl. The Labute approximate surface area is 130 Å². The molecule has 0 saturated heterocycles. The van der Waals surface area contributed by atoms with Gasteiger partial charge in [0.1, 0.15) is 0 Å². The third-order valence-electron chi connectivity index (χ3n) is 2.82. The van der Waals surface area contributed by atoms with Crippen molar-refractivity contribution >= 4 is 36.9 Å². The quantitative estimate of drug-likeness (QED) is 0.824. The Morgan fingerprint density at radius 1 is 1.15 bits per heavy atom. The minimum absolute atomic E-state index is 0.0265. The summed E-state index contributed by atoms with van der Waals surface area (Å²) in [6, 6.07) is 18.0. The summed E-state index contributed by atoms with van der Waals surface area (Å²) in [5, 5.41) is 4.59. The van der Waals surface area contributed by atoms with Crippen molar-refractivity contribution in [3.63, 3.8) is 0 Å². The molecule has 1 amide bonds. The predicted octanol–water partition coefficient (Wildman–Crippen LogP) is 2.97. The van der Waals surface area contributed by atoms with Crippen LogP contribution in [0.5, 0.6) is 0 Å². The molecule has 1 unspecified atom stereocenters. The number of nitrogens with one attached hydrogen (secondary N) is 1. The van der Waals surface area contributed by atoms with Gasteiger partial charge >= 0.3 is 131 Å². The Morgan fingerprint density at radius 2 is 1.80 bits per heavy atom. The standard InChI is InChI=1S/C16H16ClNOSe/c1-12(19)18-16(14-9-5-6-10-15(14)17)11-20-13-7-3-2-4-8-13/h2-10,16H,11H2,1H3,(H,18,19). The normalized spacial score (nSPS) is 11.9. The fourth-order valence-electron chi connectivity index (χ4n) is 1.91. The average Bonchev–Trinajstić information content (AvgIpc) is 2.45. The second kappa shape index (κ2) is 7.49. The first-order valence-corrected chi connectivity index (χ1v) is 8.81. The molecular formula is C16H16ClNOSe. The molecule has 0 aromatic heterocycles. The zero-order valence-corrected chi connectivity index (χ0v) is 13.6. The Bertz CT molecular complexity index is 574. The van der Waals surface area contributed by atoms with Crippen LogP contribution in [0.15, 0.2) is 54.6 Å². The van der Waals surface area contributed by atoms with Gasteiger partial charge in [-0.2, -0.15) is 0 Å². The van der Waals surface area contributed by atoms with Gasteiger partial charge in [0.15, 0.2) is 0 Å². The number of rotatable bonds is 5. The molecule has 4 heteroatoms. The van der Waals surface area contributed by atoms with Gasteiger partial charge in [0, 0.05) is 0 Å². The van der Waals surface area contributed by atoms with E-state index in [4.69, 9.17) is 11.6 Å². The summed E-state index contributed by atoms with van der Waals surface area (Å²) in [4.78, 5) is 11.4. The molecule has 20 heavy (non-hydrogen) atoms. The molecule has 2 aromatic carbocycles. The average molecular weight is 353 g/mol. The van der Waals surface area contributed by atoms with Crippen LogP contribution in [0.2, 0.25) is 10.3 Å². The number of amides is 1. The first-order chi connectivity index (χ1) is 9.66. The van der Waals surface area contributed by atoms with Crippen LogP contribution in [0.1, 0.15) is 18.5 Å². The van der Waals surface area contributed by atoms with Gasteiger partial charge < -0.3 is 0 Å². The zero-order valence-electron chi connectivity index (χ0n) is 11.2. The third kappa shape index (κ3) is 4.38. The Hall–Kier alpha value is -1.28. The van der Waals surface area contributed by atoms with Crippen LogP contribution < -0.4 is 9.78 Å². The minimum atomic E-state index is -0.0289. The molecule has 0 saturated carbocycles. The van der Waals surface area contributed by atoms with Crippen LogP contribution in [-0.4, -0.2) is 20.9 Å². The van der Waals surface area contributed by atoms with Crippen molar-refractivity contribution in [3.05, 3.63) is 65.2 Å². The fourth-order valence-corrected chi connectivity index (χ4v) is 4.21. The van der Waals surface area contributed by atoms with E-state index in [9.17, 15) is 4.79 Å². The number of hydrogen-bond acceptors (Lipinski definition) is 1. The van der Waals surface area contributed by atoms with E-state index in [0.717, 1.165) is 10.9 Å². The van der Waals surface area contributed by atoms with Crippen molar-refractivity contribution in [2.45, 2.75) is 18.3 Å². The van der Waals surface area contributed by atoms with E-state index in [1.54, 1.807) is 6.92 Å². The van der Waals surface area contributed by atoms with Crippen LogP contribution >= 0.6 is 11.6 Å². The molecule has 0 spiro atoms. The summed E-state index contributed by atoms with van der Waals surface area (Å²) in [5.41, 5.74) is 0.988. The van der Waals surface area contributed by atoms with Crippen molar-refractivity contribution in [3.8, 4) is 0 Å². The van der Waals surface area contributed by atoms with Crippen LogP contribution in [-0.2, 0) is 4.79 Å². The molecule has 2 aromatic rings. The Balaban J connectivity index is 2.12. The van der Waals surface area contributed by atoms with Gasteiger partial charge in [-0.1, -0.05) is 0 Å². The van der Waals surface area contributed by atoms with E-state index in [0.29, 0.717) is 20.0 Å². The van der Waals surface area contributed by atoms with E-state index in [-0.39, 0.29) is 11.9 Å². The first-order valence-electron chi connectivity index (χ1n) is 6.36. The van der Waals surface area contributed by atoms with Gasteiger partial charge in [0.2, 0.25) is 0 Å². The van der Waals surface area contributed by atoms with Crippen LogP contribution in [0.3, 0.4) is 0 Å². The van der Waals surface area contributed by atoms with Gasteiger partial charge in [-0.15, -0.1) is 0 Å². The van der Waals surface area contributed by atoms with Gasteiger partial charge in [-0.25, -0.2) is 0 Å². The molecule has 1 atom stereocenters. The molecule has 0 heterocycles. The maximum atomic E-state index is 11.4. The number of hydrogen-bond donors (Lipinski definition) is 1. The number of carbonyl (C=O) groups excluding carboxylic acids is 1. The summed E-state index contributed by atoms with van der Waals surface area (Å²) in [6.07, 6.45) is 0. The second-order valence-electron chi connectivity index (χ2n) is 4.40. The summed E-state index contributed by atoms with van der Waals surface area (Å²) in [6.45, 7) is 1.54. The van der Waals surface area contributed by atoms with Crippen molar-refractivity contribution < 1.29 is 4.79 Å². The van der Waals surface area contributed by atoms with Gasteiger partial charge in [-0.05, 0) is 0 Å². The predicted molar refractivity (Wildman–Crippen MR) is 84.6 cm³/mol. The molecule has 1 N–H and O–H groups in total. The molecule has 0 bridgehead atoms. The summed E-state index contributed by atoms with van der Waals surface area (Å²) >= 11 is 6.54. The molecule has 0 radical (unpaired) electrons. The molecule has 2 rings (SSSR count). The maximum absolute atomic E-state index is 11.4. The summed E-state index contributed by atoms with van der Waals surface area (Å²) in [7, 11) is 0. The van der Waals surface area contributed by atoms with Crippen molar-refractivity contribution in [1.29, 1.82) is 0 Å². The molecule has 0 fully saturated rings. The van der Waals surface area contributed by atoms with Crippen molar-refractivity contribution in [1.82, 2.24) is 5.32 Å². The van der Waals surface area contributed by atoms with E-state index >= 15 is 0 Å². The fraction of sp³-hybridized carbons (Fsp3) is 0.188. The molecule has 0 aliphatic rings. The number of halogens is 1. The van der Waals surface area contributed by atoms with E-state index < -0.39 is 0 Å². The van der Waals surface area contributed by atoms with E-state index in [2.05, 4.69) is 17.4 Å². The Morgan fingerprint density at radius 3 is 2.45 bits per heavy atom.